The van der Waals surface area contributed by atoms with E-state index in [2.05, 4.69) is 5.32 Å². The fourth-order valence-corrected chi connectivity index (χ4v) is 2.94. The first-order chi connectivity index (χ1) is 11.8. The Morgan fingerprint density at radius 1 is 1.08 bits per heavy atom. The van der Waals surface area contributed by atoms with Crippen molar-refractivity contribution in [2.45, 2.75) is 59.8 Å². The van der Waals surface area contributed by atoms with Crippen molar-refractivity contribution in [2.75, 3.05) is 0 Å². The molecule has 0 saturated heterocycles. The Morgan fingerprint density at radius 3 is 2.23 bits per heavy atom. The molecule has 0 saturated carbocycles. The first-order valence-electron chi connectivity index (χ1n) is 8.46. The van der Waals surface area contributed by atoms with Crippen LogP contribution in [0.2, 0.25) is 0 Å². The number of amides is 1. The van der Waals surface area contributed by atoms with Gasteiger partial charge in [-0.25, -0.2) is 0 Å². The maximum atomic E-state index is 13.0. The molecule has 0 bridgehead atoms. The van der Waals surface area contributed by atoms with Gasteiger partial charge in [-0.2, -0.15) is 13.2 Å². The molecule has 3 nitrogen and oxygen atoms in total. The minimum absolute atomic E-state index is 0.206. The zero-order valence-corrected chi connectivity index (χ0v) is 16.0. The predicted octanol–water partition coefficient (Wildman–Crippen LogP) is 5.01. The summed E-state index contributed by atoms with van der Waals surface area (Å²) in [7, 11) is 0. The molecule has 0 spiro atoms. The van der Waals surface area contributed by atoms with Gasteiger partial charge >= 0.3 is 6.18 Å². The van der Waals surface area contributed by atoms with Gasteiger partial charge in [-0.05, 0) is 70.4 Å². The molecule has 142 valence electrons. The monoisotopic (exact) mass is 366 g/mol. The third kappa shape index (κ3) is 4.29. The SMILES string of the molecule is Cc1c(C)c(C(=O)NC(C)(C)C)n(Cc2cccc(C(F)(F)F)c2)c1C. The number of hydrogen-bond acceptors (Lipinski definition) is 1. The fraction of sp³-hybridized carbons (Fsp3) is 0.450. The molecule has 1 heterocycles. The summed E-state index contributed by atoms with van der Waals surface area (Å²) < 4.78 is 40.7. The number of aromatic nitrogens is 1. The average Bonchev–Trinajstić information content (AvgIpc) is 2.69. The van der Waals surface area contributed by atoms with Gasteiger partial charge in [0, 0.05) is 17.8 Å². The number of hydrogen-bond donors (Lipinski definition) is 1. The van der Waals surface area contributed by atoms with Crippen LogP contribution in [-0.2, 0) is 12.7 Å². The normalized spacial score (nSPS) is 12.3. The maximum absolute atomic E-state index is 13.0. The van der Waals surface area contributed by atoms with Crippen LogP contribution >= 0.6 is 0 Å². The van der Waals surface area contributed by atoms with Crippen LogP contribution < -0.4 is 5.32 Å². The molecule has 0 aliphatic heterocycles. The van der Waals surface area contributed by atoms with Crippen LogP contribution in [0.25, 0.3) is 0 Å². The molecule has 0 unspecified atom stereocenters. The number of halogens is 3. The van der Waals surface area contributed by atoms with Gasteiger partial charge in [0.05, 0.1) is 5.56 Å². The minimum atomic E-state index is -4.39. The molecular weight excluding hydrogens is 341 g/mol. The summed E-state index contributed by atoms with van der Waals surface area (Å²) in [4.78, 5) is 12.8. The molecule has 2 aromatic rings. The molecule has 2 rings (SSSR count). The lowest BCUT2D eigenvalue weighted by Crippen LogP contribution is -2.41. The van der Waals surface area contributed by atoms with Crippen LogP contribution in [0.5, 0.6) is 0 Å². The molecule has 0 radical (unpaired) electrons. The van der Waals surface area contributed by atoms with Crippen LogP contribution in [0, 0.1) is 20.8 Å². The highest BCUT2D eigenvalue weighted by Crippen LogP contribution is 2.30. The van der Waals surface area contributed by atoms with Crippen LogP contribution in [-0.4, -0.2) is 16.0 Å². The Labute approximate surface area is 152 Å². The van der Waals surface area contributed by atoms with E-state index in [4.69, 9.17) is 0 Å². The topological polar surface area (TPSA) is 34.0 Å². The number of carbonyl (C=O) groups is 1. The van der Waals surface area contributed by atoms with Crippen LogP contribution in [0.15, 0.2) is 24.3 Å². The van der Waals surface area contributed by atoms with E-state index in [9.17, 15) is 18.0 Å². The van der Waals surface area contributed by atoms with Crippen molar-refractivity contribution in [1.82, 2.24) is 9.88 Å². The number of nitrogens with zero attached hydrogens (tertiary/aromatic N) is 1. The van der Waals surface area contributed by atoms with E-state index >= 15 is 0 Å². The number of alkyl halides is 3. The van der Waals surface area contributed by atoms with Crippen molar-refractivity contribution in [3.63, 3.8) is 0 Å². The Morgan fingerprint density at radius 2 is 1.69 bits per heavy atom. The molecule has 0 atom stereocenters. The summed E-state index contributed by atoms with van der Waals surface area (Å²) in [5.74, 6) is -0.224. The number of rotatable bonds is 3. The standard InChI is InChI=1S/C20H25F3N2O/c1-12-13(2)17(18(26)24-19(4,5)6)25(14(12)3)11-15-8-7-9-16(10-15)20(21,22)23/h7-10H,11H2,1-6H3,(H,24,26). The first-order valence-corrected chi connectivity index (χ1v) is 8.46. The van der Waals surface area contributed by atoms with E-state index in [1.807, 2.05) is 41.5 Å². The van der Waals surface area contributed by atoms with Crippen molar-refractivity contribution in [3.05, 3.63) is 57.9 Å². The summed E-state index contributed by atoms with van der Waals surface area (Å²) in [5.41, 5.74) is 2.59. The summed E-state index contributed by atoms with van der Waals surface area (Å²) in [6, 6.07) is 5.22. The van der Waals surface area contributed by atoms with Gasteiger partial charge in [0.2, 0.25) is 0 Å². The number of nitrogens with one attached hydrogen (secondary N) is 1. The largest absolute Gasteiger partial charge is 0.416 e. The molecule has 0 fully saturated rings. The van der Waals surface area contributed by atoms with E-state index in [0.717, 1.165) is 29.0 Å². The van der Waals surface area contributed by atoms with Crippen LogP contribution in [0.3, 0.4) is 0 Å². The van der Waals surface area contributed by atoms with Gasteiger partial charge in [0.1, 0.15) is 5.69 Å². The summed E-state index contributed by atoms with van der Waals surface area (Å²) in [5, 5.41) is 2.94. The van der Waals surface area contributed by atoms with Gasteiger partial charge in [-0.3, -0.25) is 4.79 Å². The van der Waals surface area contributed by atoms with E-state index in [1.54, 1.807) is 10.6 Å². The van der Waals surface area contributed by atoms with Crippen molar-refractivity contribution >= 4 is 5.91 Å². The maximum Gasteiger partial charge on any atom is 0.416 e. The second-order valence-electron chi connectivity index (χ2n) is 7.67. The Kier molecular flexibility index (Phi) is 5.26. The van der Waals surface area contributed by atoms with Gasteiger partial charge in [0.25, 0.3) is 5.91 Å². The zero-order chi connectivity index (χ0) is 19.9. The highest BCUT2D eigenvalue weighted by Gasteiger charge is 2.30. The quantitative estimate of drug-likeness (QED) is 0.814. The highest BCUT2D eigenvalue weighted by atomic mass is 19.4. The molecule has 1 N–H and O–H groups in total. The second kappa shape index (κ2) is 6.82. The molecule has 1 aromatic carbocycles. The molecule has 0 aliphatic carbocycles. The van der Waals surface area contributed by atoms with Crippen molar-refractivity contribution in [1.29, 1.82) is 0 Å². The second-order valence-corrected chi connectivity index (χ2v) is 7.67. The predicted molar refractivity (Wildman–Crippen MR) is 96.4 cm³/mol. The van der Waals surface area contributed by atoms with Crippen LogP contribution in [0.4, 0.5) is 13.2 Å². The molecule has 1 amide bonds. The molecule has 6 heteroatoms. The molecular formula is C20H25F3N2O. The number of carbonyl (C=O) groups excluding carboxylic acids is 1. The summed E-state index contributed by atoms with van der Waals surface area (Å²) >= 11 is 0. The lowest BCUT2D eigenvalue weighted by Gasteiger charge is -2.22. The van der Waals surface area contributed by atoms with Crippen molar-refractivity contribution in [3.8, 4) is 0 Å². The third-order valence-corrected chi connectivity index (χ3v) is 4.43. The number of benzene rings is 1. The van der Waals surface area contributed by atoms with E-state index in [-0.39, 0.29) is 12.5 Å². The summed E-state index contributed by atoms with van der Waals surface area (Å²) in [6.45, 7) is 11.5. The molecule has 1 aromatic heterocycles. The van der Waals surface area contributed by atoms with E-state index < -0.39 is 17.3 Å². The molecule has 0 aliphatic rings. The highest BCUT2D eigenvalue weighted by molar-refractivity contribution is 5.95. The lowest BCUT2D eigenvalue weighted by molar-refractivity contribution is -0.137. The van der Waals surface area contributed by atoms with Gasteiger partial charge in [-0.15, -0.1) is 0 Å². The van der Waals surface area contributed by atoms with E-state index in [1.165, 1.54) is 6.07 Å². The van der Waals surface area contributed by atoms with Gasteiger partial charge in [-0.1, -0.05) is 12.1 Å². The van der Waals surface area contributed by atoms with Crippen molar-refractivity contribution < 1.29 is 18.0 Å². The fourth-order valence-electron chi connectivity index (χ4n) is 2.94. The lowest BCUT2D eigenvalue weighted by atomic mass is 10.1. The third-order valence-electron chi connectivity index (χ3n) is 4.43. The van der Waals surface area contributed by atoms with Gasteiger partial charge < -0.3 is 9.88 Å². The van der Waals surface area contributed by atoms with Crippen molar-refractivity contribution in [2.24, 2.45) is 0 Å². The first kappa shape index (κ1) is 20.1. The average molecular weight is 366 g/mol. The Balaban J connectivity index is 2.47. The van der Waals surface area contributed by atoms with Gasteiger partial charge in [0.15, 0.2) is 0 Å². The smallest absolute Gasteiger partial charge is 0.346 e. The Hall–Kier alpha value is -2.24. The molecule has 26 heavy (non-hydrogen) atoms. The zero-order valence-electron chi connectivity index (χ0n) is 16.0. The Bertz CT molecular complexity index is 827. The van der Waals surface area contributed by atoms with E-state index in [0.29, 0.717) is 11.3 Å². The van der Waals surface area contributed by atoms with Crippen LogP contribution in [0.1, 0.15) is 59.2 Å². The summed E-state index contributed by atoms with van der Waals surface area (Å²) in [6.07, 6.45) is -4.39. The minimum Gasteiger partial charge on any atom is -0.346 e.